The second kappa shape index (κ2) is 8.90. The molecule has 0 radical (unpaired) electrons. The summed E-state index contributed by atoms with van der Waals surface area (Å²) in [7, 11) is 0. The molecule has 0 aliphatic heterocycles. The number of hydrogen-bond acceptors (Lipinski definition) is 4. The quantitative estimate of drug-likeness (QED) is 0.480. The number of benzene rings is 1. The van der Waals surface area contributed by atoms with Crippen LogP contribution < -0.4 is 10.2 Å². The summed E-state index contributed by atoms with van der Waals surface area (Å²) in [6.45, 7) is 2.39. The summed E-state index contributed by atoms with van der Waals surface area (Å²) in [5.74, 6) is 0.631. The summed E-state index contributed by atoms with van der Waals surface area (Å²) < 4.78 is 5.63. The molecule has 5 nitrogen and oxygen atoms in total. The first-order valence-corrected chi connectivity index (χ1v) is 7.64. The summed E-state index contributed by atoms with van der Waals surface area (Å²) in [6, 6.07) is 9.11. The molecule has 23 heavy (non-hydrogen) atoms. The molecule has 0 unspecified atom stereocenters. The van der Waals surface area contributed by atoms with Gasteiger partial charge in [0.05, 0.1) is 12.8 Å². The maximum Gasteiger partial charge on any atom is 0.240 e. The minimum Gasteiger partial charge on any atom is -0.493 e. The van der Waals surface area contributed by atoms with E-state index in [0.29, 0.717) is 24.5 Å². The van der Waals surface area contributed by atoms with E-state index in [1.54, 1.807) is 30.7 Å². The van der Waals surface area contributed by atoms with E-state index in [0.717, 1.165) is 16.9 Å². The fourth-order valence-corrected chi connectivity index (χ4v) is 2.10. The number of aryl methyl sites for hydroxylation is 1. The molecule has 1 amide bonds. The van der Waals surface area contributed by atoms with Gasteiger partial charge in [-0.15, -0.1) is 0 Å². The van der Waals surface area contributed by atoms with E-state index >= 15 is 0 Å². The van der Waals surface area contributed by atoms with Gasteiger partial charge in [0, 0.05) is 29.4 Å². The number of hydrazone groups is 1. The maximum absolute atomic E-state index is 11.6. The van der Waals surface area contributed by atoms with Gasteiger partial charge < -0.3 is 4.74 Å². The Bertz CT molecular complexity index is 675. The van der Waals surface area contributed by atoms with Gasteiger partial charge in [0.2, 0.25) is 5.91 Å². The fourth-order valence-electron chi connectivity index (χ4n) is 1.88. The summed E-state index contributed by atoms with van der Waals surface area (Å²) in [5.41, 5.74) is 4.28. The molecule has 1 heterocycles. The van der Waals surface area contributed by atoms with Crippen LogP contribution in [0.1, 0.15) is 24.0 Å². The Kier molecular flexibility index (Phi) is 6.56. The molecule has 0 bridgehead atoms. The van der Waals surface area contributed by atoms with E-state index in [9.17, 15) is 4.79 Å². The number of rotatable bonds is 7. The van der Waals surface area contributed by atoms with Crippen LogP contribution in [0.5, 0.6) is 5.75 Å². The molecule has 1 aromatic heterocycles. The molecule has 1 aromatic carbocycles. The van der Waals surface area contributed by atoms with E-state index in [4.69, 9.17) is 16.3 Å². The third-order valence-corrected chi connectivity index (χ3v) is 3.27. The zero-order valence-corrected chi connectivity index (χ0v) is 13.6. The van der Waals surface area contributed by atoms with Gasteiger partial charge in [-0.25, -0.2) is 5.43 Å². The number of pyridine rings is 1. The van der Waals surface area contributed by atoms with Crippen molar-refractivity contribution in [2.45, 2.75) is 19.8 Å². The van der Waals surface area contributed by atoms with Crippen LogP contribution in [0.3, 0.4) is 0 Å². The van der Waals surface area contributed by atoms with E-state index in [2.05, 4.69) is 15.5 Å². The van der Waals surface area contributed by atoms with Crippen LogP contribution in [-0.4, -0.2) is 23.7 Å². The molecule has 0 saturated heterocycles. The molecule has 1 N–H and O–H groups in total. The number of halogens is 1. The highest BCUT2D eigenvalue weighted by molar-refractivity contribution is 6.30. The van der Waals surface area contributed by atoms with Crippen LogP contribution in [-0.2, 0) is 4.79 Å². The first-order valence-electron chi connectivity index (χ1n) is 7.26. The molecule has 0 aliphatic rings. The number of ether oxygens (including phenoxy) is 1. The lowest BCUT2D eigenvalue weighted by Crippen LogP contribution is -2.18. The van der Waals surface area contributed by atoms with Gasteiger partial charge in [0.15, 0.2) is 0 Å². The molecule has 2 aromatic rings. The highest BCUT2D eigenvalue weighted by Gasteiger charge is 2.02. The fraction of sp³-hybridized carbons (Fsp3) is 0.235. The Morgan fingerprint density at radius 1 is 1.43 bits per heavy atom. The highest BCUT2D eigenvalue weighted by Crippen LogP contribution is 2.21. The number of nitrogens with one attached hydrogen (secondary N) is 1. The van der Waals surface area contributed by atoms with Gasteiger partial charge in [-0.05, 0) is 43.2 Å². The second-order valence-electron chi connectivity index (χ2n) is 4.94. The molecule has 6 heteroatoms. The number of hydrogen-bond donors (Lipinski definition) is 1. The molecule has 2 rings (SSSR count). The Hall–Kier alpha value is -2.40. The third-order valence-electron chi connectivity index (χ3n) is 3.03. The lowest BCUT2D eigenvalue weighted by Gasteiger charge is -2.08. The predicted molar refractivity (Wildman–Crippen MR) is 90.9 cm³/mol. The smallest absolute Gasteiger partial charge is 0.240 e. The van der Waals surface area contributed by atoms with Gasteiger partial charge in [-0.3, -0.25) is 9.78 Å². The van der Waals surface area contributed by atoms with Gasteiger partial charge in [0.1, 0.15) is 5.75 Å². The van der Waals surface area contributed by atoms with Crippen LogP contribution in [0.15, 0.2) is 47.8 Å². The normalized spacial score (nSPS) is 10.7. The molecule has 0 aliphatic carbocycles. The molecule has 120 valence electrons. The first-order chi connectivity index (χ1) is 11.1. The first kappa shape index (κ1) is 17.0. The van der Waals surface area contributed by atoms with Crippen LogP contribution in [0.2, 0.25) is 5.02 Å². The van der Waals surface area contributed by atoms with Gasteiger partial charge >= 0.3 is 0 Å². The van der Waals surface area contributed by atoms with Crippen molar-refractivity contribution in [3.8, 4) is 5.75 Å². The van der Waals surface area contributed by atoms with Crippen molar-refractivity contribution in [1.82, 2.24) is 10.4 Å². The van der Waals surface area contributed by atoms with Crippen LogP contribution >= 0.6 is 11.6 Å². The van der Waals surface area contributed by atoms with E-state index in [-0.39, 0.29) is 5.91 Å². The average Bonchev–Trinajstić information content (AvgIpc) is 2.54. The Labute approximate surface area is 140 Å². The molecule has 0 spiro atoms. The van der Waals surface area contributed by atoms with Crippen LogP contribution in [0.25, 0.3) is 0 Å². The van der Waals surface area contributed by atoms with Gasteiger partial charge in [-0.2, -0.15) is 5.10 Å². The zero-order valence-electron chi connectivity index (χ0n) is 12.8. The van der Waals surface area contributed by atoms with Crippen molar-refractivity contribution in [1.29, 1.82) is 0 Å². The molecule has 0 fully saturated rings. The lowest BCUT2D eigenvalue weighted by atomic mass is 10.2. The van der Waals surface area contributed by atoms with Crippen molar-refractivity contribution in [3.05, 3.63) is 58.9 Å². The van der Waals surface area contributed by atoms with Crippen molar-refractivity contribution < 1.29 is 9.53 Å². The minimum absolute atomic E-state index is 0.151. The average molecular weight is 332 g/mol. The molecular weight excluding hydrogens is 314 g/mol. The maximum atomic E-state index is 11.6. The molecule has 0 saturated carbocycles. The number of carbonyl (C=O) groups excluding carboxylic acids is 1. The number of nitrogens with zero attached hydrogens (tertiary/aromatic N) is 2. The SMILES string of the molecule is Cc1cc(Cl)ccc1OCCCC(=O)N/N=C/c1cccnc1. The minimum atomic E-state index is -0.151. The topological polar surface area (TPSA) is 63.6 Å². The molecule has 0 atom stereocenters. The van der Waals surface area contributed by atoms with Crippen molar-refractivity contribution >= 4 is 23.7 Å². The number of amides is 1. The van der Waals surface area contributed by atoms with Crippen molar-refractivity contribution in [2.75, 3.05) is 6.61 Å². The Balaban J connectivity index is 1.66. The number of aromatic nitrogens is 1. The largest absolute Gasteiger partial charge is 0.493 e. The third kappa shape index (κ3) is 6.08. The summed E-state index contributed by atoms with van der Waals surface area (Å²) in [4.78, 5) is 15.6. The van der Waals surface area contributed by atoms with Gasteiger partial charge in [-0.1, -0.05) is 17.7 Å². The van der Waals surface area contributed by atoms with E-state index in [1.165, 1.54) is 0 Å². The zero-order chi connectivity index (χ0) is 16.5. The van der Waals surface area contributed by atoms with E-state index in [1.807, 2.05) is 25.1 Å². The van der Waals surface area contributed by atoms with E-state index < -0.39 is 0 Å². The number of carbonyl (C=O) groups is 1. The summed E-state index contributed by atoms with van der Waals surface area (Å²) in [6.07, 6.45) is 5.85. The van der Waals surface area contributed by atoms with Crippen molar-refractivity contribution in [3.63, 3.8) is 0 Å². The summed E-state index contributed by atoms with van der Waals surface area (Å²) >= 11 is 5.89. The Morgan fingerprint density at radius 2 is 2.30 bits per heavy atom. The van der Waals surface area contributed by atoms with Crippen LogP contribution in [0.4, 0.5) is 0 Å². The highest BCUT2D eigenvalue weighted by atomic mass is 35.5. The predicted octanol–water partition coefficient (Wildman–Crippen LogP) is 3.35. The standard InChI is InChI=1S/C17H18ClN3O2/c1-13-10-15(18)6-7-16(13)23-9-3-5-17(22)21-20-12-14-4-2-8-19-11-14/h2,4,6-8,10-12H,3,5,9H2,1H3,(H,21,22)/b20-12+. The monoisotopic (exact) mass is 331 g/mol. The van der Waals surface area contributed by atoms with Crippen molar-refractivity contribution in [2.24, 2.45) is 5.10 Å². The van der Waals surface area contributed by atoms with Gasteiger partial charge in [0.25, 0.3) is 0 Å². The summed E-state index contributed by atoms with van der Waals surface area (Å²) in [5, 5.41) is 4.56. The second-order valence-corrected chi connectivity index (χ2v) is 5.38. The lowest BCUT2D eigenvalue weighted by molar-refractivity contribution is -0.121. The van der Waals surface area contributed by atoms with Crippen LogP contribution in [0, 0.1) is 6.92 Å². The molecular formula is C17H18ClN3O2. The Morgan fingerprint density at radius 3 is 3.04 bits per heavy atom.